The smallest absolute Gasteiger partial charge is 0.0577 e. The van der Waals surface area contributed by atoms with Gasteiger partial charge in [0.15, 0.2) is 0 Å². The van der Waals surface area contributed by atoms with Crippen LogP contribution in [-0.2, 0) is 12.8 Å². The van der Waals surface area contributed by atoms with E-state index in [1.165, 1.54) is 27.8 Å². The van der Waals surface area contributed by atoms with E-state index >= 15 is 0 Å². The number of aryl methyl sites for hydroxylation is 3. The Kier molecular flexibility index (Phi) is 4.97. The number of benzene rings is 2. The zero-order valence-electron chi connectivity index (χ0n) is 13.0. The molecule has 0 spiro atoms. The second-order valence-electron chi connectivity index (χ2n) is 5.38. The molecule has 0 amide bonds. The van der Waals surface area contributed by atoms with Gasteiger partial charge in [-0.25, -0.2) is 0 Å². The molecule has 1 atom stereocenters. The van der Waals surface area contributed by atoms with Crippen molar-refractivity contribution in [3.63, 3.8) is 0 Å². The van der Waals surface area contributed by atoms with E-state index in [1.54, 1.807) is 0 Å². The first-order chi connectivity index (χ1) is 9.69. The van der Waals surface area contributed by atoms with Gasteiger partial charge < -0.3 is 5.32 Å². The molecule has 0 aliphatic rings. The zero-order valence-corrected chi connectivity index (χ0v) is 13.0. The number of nitrogens with one attached hydrogen (secondary N) is 1. The maximum atomic E-state index is 3.49. The average molecular weight is 267 g/mol. The molecule has 1 nitrogen and oxygen atoms in total. The maximum Gasteiger partial charge on any atom is 0.0577 e. The van der Waals surface area contributed by atoms with Crippen LogP contribution in [0.3, 0.4) is 0 Å². The van der Waals surface area contributed by atoms with Crippen LogP contribution in [0, 0.1) is 6.92 Å². The van der Waals surface area contributed by atoms with Crippen molar-refractivity contribution in [3.05, 3.63) is 70.3 Å². The summed E-state index contributed by atoms with van der Waals surface area (Å²) in [5.41, 5.74) is 6.91. The van der Waals surface area contributed by atoms with E-state index in [0.29, 0.717) is 0 Å². The van der Waals surface area contributed by atoms with Crippen LogP contribution in [-0.4, -0.2) is 7.05 Å². The fraction of sp³-hybridized carbons (Fsp3) is 0.368. The SMILES string of the molecule is CCc1ccc(CC)c(C(NC)c2cccc(C)c2)c1. The highest BCUT2D eigenvalue weighted by atomic mass is 14.9. The van der Waals surface area contributed by atoms with Crippen molar-refractivity contribution in [3.8, 4) is 0 Å². The zero-order chi connectivity index (χ0) is 14.5. The van der Waals surface area contributed by atoms with Gasteiger partial charge in [0.2, 0.25) is 0 Å². The Labute approximate surface area is 123 Å². The Morgan fingerprint density at radius 1 is 1.00 bits per heavy atom. The van der Waals surface area contributed by atoms with E-state index in [2.05, 4.69) is 68.6 Å². The van der Waals surface area contributed by atoms with E-state index in [9.17, 15) is 0 Å². The molecular weight excluding hydrogens is 242 g/mol. The Morgan fingerprint density at radius 2 is 1.80 bits per heavy atom. The standard InChI is InChI=1S/C19H25N/c1-5-15-10-11-16(6-2)18(13-15)19(20-4)17-9-7-8-14(3)12-17/h7-13,19-20H,5-6H2,1-4H3. The highest BCUT2D eigenvalue weighted by Gasteiger charge is 2.15. The summed E-state index contributed by atoms with van der Waals surface area (Å²) in [7, 11) is 2.05. The predicted molar refractivity (Wildman–Crippen MR) is 87.3 cm³/mol. The third-order valence-corrected chi connectivity index (χ3v) is 3.97. The summed E-state index contributed by atoms with van der Waals surface area (Å²) in [5.74, 6) is 0. The van der Waals surface area contributed by atoms with Crippen molar-refractivity contribution in [1.29, 1.82) is 0 Å². The summed E-state index contributed by atoms with van der Waals surface area (Å²) in [5, 5.41) is 3.49. The highest BCUT2D eigenvalue weighted by molar-refractivity contribution is 5.41. The third kappa shape index (κ3) is 3.10. The van der Waals surface area contributed by atoms with Crippen LogP contribution in [0.4, 0.5) is 0 Å². The molecule has 0 bridgehead atoms. The minimum atomic E-state index is 0.274. The van der Waals surface area contributed by atoms with Crippen molar-refractivity contribution in [1.82, 2.24) is 5.32 Å². The highest BCUT2D eigenvalue weighted by Crippen LogP contribution is 2.27. The molecule has 2 aromatic carbocycles. The van der Waals surface area contributed by atoms with Crippen molar-refractivity contribution in [2.45, 2.75) is 39.7 Å². The molecule has 20 heavy (non-hydrogen) atoms. The molecule has 2 rings (SSSR count). The van der Waals surface area contributed by atoms with Gasteiger partial charge >= 0.3 is 0 Å². The molecule has 0 aromatic heterocycles. The van der Waals surface area contributed by atoms with Crippen LogP contribution in [0.25, 0.3) is 0 Å². The first-order valence-electron chi connectivity index (χ1n) is 7.55. The maximum absolute atomic E-state index is 3.49. The van der Waals surface area contributed by atoms with Gasteiger partial charge in [0.1, 0.15) is 0 Å². The van der Waals surface area contributed by atoms with Crippen molar-refractivity contribution in [2.24, 2.45) is 0 Å². The lowest BCUT2D eigenvalue weighted by Gasteiger charge is -2.21. The summed E-state index contributed by atoms with van der Waals surface area (Å²) in [6.45, 7) is 6.60. The molecule has 2 aromatic rings. The lowest BCUT2D eigenvalue weighted by atomic mass is 9.91. The minimum Gasteiger partial charge on any atom is -0.309 e. The molecular formula is C19H25N. The molecule has 0 saturated carbocycles. The second-order valence-corrected chi connectivity index (χ2v) is 5.38. The monoisotopic (exact) mass is 267 g/mol. The Morgan fingerprint density at radius 3 is 2.40 bits per heavy atom. The van der Waals surface area contributed by atoms with Crippen molar-refractivity contribution >= 4 is 0 Å². The third-order valence-electron chi connectivity index (χ3n) is 3.97. The number of hydrogen-bond donors (Lipinski definition) is 1. The molecule has 1 N–H and O–H groups in total. The fourth-order valence-corrected chi connectivity index (χ4v) is 2.81. The van der Waals surface area contributed by atoms with Crippen LogP contribution in [0.1, 0.15) is 47.7 Å². The molecule has 1 heteroatoms. The molecule has 1 unspecified atom stereocenters. The molecule has 0 heterocycles. The normalized spacial score (nSPS) is 12.4. The van der Waals surface area contributed by atoms with E-state index in [4.69, 9.17) is 0 Å². The Balaban J connectivity index is 2.50. The van der Waals surface area contributed by atoms with Gasteiger partial charge in [-0.15, -0.1) is 0 Å². The lowest BCUT2D eigenvalue weighted by molar-refractivity contribution is 0.682. The van der Waals surface area contributed by atoms with Crippen LogP contribution in [0.2, 0.25) is 0 Å². The van der Waals surface area contributed by atoms with Crippen LogP contribution < -0.4 is 5.32 Å². The molecule has 0 radical (unpaired) electrons. The molecule has 0 aliphatic heterocycles. The predicted octanol–water partition coefficient (Wildman–Crippen LogP) is 4.43. The summed E-state index contributed by atoms with van der Waals surface area (Å²) in [6.07, 6.45) is 2.16. The topological polar surface area (TPSA) is 12.0 Å². The first-order valence-corrected chi connectivity index (χ1v) is 7.55. The van der Waals surface area contributed by atoms with E-state index in [1.807, 2.05) is 7.05 Å². The van der Waals surface area contributed by atoms with Gasteiger partial charge in [-0.3, -0.25) is 0 Å². The Bertz CT molecular complexity index is 572. The van der Waals surface area contributed by atoms with Gasteiger partial charge in [-0.1, -0.05) is 61.9 Å². The average Bonchev–Trinajstić information content (AvgIpc) is 2.48. The van der Waals surface area contributed by atoms with E-state index < -0.39 is 0 Å². The molecule has 106 valence electrons. The quantitative estimate of drug-likeness (QED) is 0.845. The minimum absolute atomic E-state index is 0.274. The summed E-state index contributed by atoms with van der Waals surface area (Å²) in [4.78, 5) is 0. The molecule has 0 saturated heterocycles. The summed E-state index contributed by atoms with van der Waals surface area (Å²) >= 11 is 0. The number of hydrogen-bond acceptors (Lipinski definition) is 1. The second kappa shape index (κ2) is 6.71. The van der Waals surface area contributed by atoms with Gasteiger partial charge in [0.25, 0.3) is 0 Å². The number of rotatable bonds is 5. The van der Waals surface area contributed by atoms with Crippen LogP contribution >= 0.6 is 0 Å². The summed E-state index contributed by atoms with van der Waals surface area (Å²) in [6, 6.07) is 16.0. The Hall–Kier alpha value is -1.60. The van der Waals surface area contributed by atoms with Gasteiger partial charge in [-0.05, 0) is 49.1 Å². The van der Waals surface area contributed by atoms with E-state index in [-0.39, 0.29) is 6.04 Å². The first kappa shape index (κ1) is 14.8. The molecule has 0 fully saturated rings. The van der Waals surface area contributed by atoms with Crippen molar-refractivity contribution < 1.29 is 0 Å². The van der Waals surface area contributed by atoms with E-state index in [0.717, 1.165) is 12.8 Å². The van der Waals surface area contributed by atoms with Gasteiger partial charge in [-0.2, -0.15) is 0 Å². The molecule has 0 aliphatic carbocycles. The van der Waals surface area contributed by atoms with Crippen LogP contribution in [0.5, 0.6) is 0 Å². The van der Waals surface area contributed by atoms with Crippen molar-refractivity contribution in [2.75, 3.05) is 7.05 Å². The van der Waals surface area contributed by atoms with Gasteiger partial charge in [0, 0.05) is 0 Å². The largest absolute Gasteiger partial charge is 0.309 e. The summed E-state index contributed by atoms with van der Waals surface area (Å²) < 4.78 is 0. The van der Waals surface area contributed by atoms with Gasteiger partial charge in [0.05, 0.1) is 6.04 Å². The van der Waals surface area contributed by atoms with Crippen LogP contribution in [0.15, 0.2) is 42.5 Å². The lowest BCUT2D eigenvalue weighted by Crippen LogP contribution is -2.19. The fourth-order valence-electron chi connectivity index (χ4n) is 2.81.